The van der Waals surface area contributed by atoms with Gasteiger partial charge in [0.15, 0.2) is 0 Å². The van der Waals surface area contributed by atoms with Crippen molar-refractivity contribution in [3.8, 4) is 0 Å². The highest BCUT2D eigenvalue weighted by atomic mass is 35.5. The van der Waals surface area contributed by atoms with E-state index in [1.165, 1.54) is 12.1 Å². The fourth-order valence-corrected chi connectivity index (χ4v) is 2.42. The molecule has 1 rings (SSSR count). The predicted octanol–water partition coefficient (Wildman–Crippen LogP) is 3.96. The zero-order valence-electron chi connectivity index (χ0n) is 9.97. The summed E-state index contributed by atoms with van der Waals surface area (Å²) in [5.74, 6) is 0.00766. The number of hydrogen-bond donors (Lipinski definition) is 2. The second-order valence-electron chi connectivity index (χ2n) is 4.01. The van der Waals surface area contributed by atoms with E-state index in [2.05, 4.69) is 5.32 Å². The van der Waals surface area contributed by atoms with Crippen molar-refractivity contribution in [3.63, 3.8) is 0 Å². The molecule has 0 fully saturated rings. The van der Waals surface area contributed by atoms with Crippen molar-refractivity contribution in [2.45, 2.75) is 19.8 Å². The average Bonchev–Trinajstić information content (AvgIpc) is 2.30. The molecule has 18 heavy (non-hydrogen) atoms. The third kappa shape index (κ3) is 4.32. The van der Waals surface area contributed by atoms with E-state index < -0.39 is 0 Å². The first-order valence-electron chi connectivity index (χ1n) is 5.62. The summed E-state index contributed by atoms with van der Waals surface area (Å²) in [7, 11) is 0. The molecule has 1 unspecified atom stereocenters. The molecule has 0 spiro atoms. The Morgan fingerprint density at radius 3 is 2.33 bits per heavy atom. The zero-order chi connectivity index (χ0) is 13.7. The van der Waals surface area contributed by atoms with Gasteiger partial charge in [0.2, 0.25) is 5.91 Å². The Bertz CT molecular complexity index is 410. The van der Waals surface area contributed by atoms with Gasteiger partial charge in [-0.2, -0.15) is 0 Å². The number of amides is 1. The van der Waals surface area contributed by atoms with Crippen LogP contribution in [0.4, 0.5) is 5.69 Å². The minimum Gasteiger partial charge on any atom is -0.330 e. The molecule has 0 saturated carbocycles. The number of halogens is 3. The first kappa shape index (κ1) is 15.6. The molecule has 100 valence electrons. The summed E-state index contributed by atoms with van der Waals surface area (Å²) in [6, 6.07) is 3.07. The van der Waals surface area contributed by atoms with Gasteiger partial charge in [-0.15, -0.1) is 0 Å². The fraction of sp³-hybridized carbons (Fsp3) is 0.417. The first-order valence-corrected chi connectivity index (χ1v) is 6.75. The van der Waals surface area contributed by atoms with Crippen molar-refractivity contribution >= 4 is 46.4 Å². The maximum atomic E-state index is 11.8. The first-order chi connectivity index (χ1) is 8.47. The number of carbonyl (C=O) groups is 1. The summed E-state index contributed by atoms with van der Waals surface area (Å²) in [4.78, 5) is 11.8. The smallest absolute Gasteiger partial charge is 0.224 e. The molecule has 0 radical (unpaired) electrons. The molecule has 0 saturated heterocycles. The SMILES string of the molecule is CCC(CN)CC(=O)Nc1c(Cl)cc(Cl)cc1Cl. The van der Waals surface area contributed by atoms with Gasteiger partial charge in [0.1, 0.15) is 0 Å². The Labute approximate surface area is 122 Å². The van der Waals surface area contributed by atoms with E-state index in [9.17, 15) is 4.79 Å². The molecular weight excluding hydrogens is 295 g/mol. The number of nitrogens with two attached hydrogens (primary N) is 1. The molecule has 3 N–H and O–H groups in total. The lowest BCUT2D eigenvalue weighted by atomic mass is 10.0. The zero-order valence-corrected chi connectivity index (χ0v) is 12.2. The summed E-state index contributed by atoms with van der Waals surface area (Å²) in [6.45, 7) is 2.47. The van der Waals surface area contributed by atoms with Crippen LogP contribution in [0.25, 0.3) is 0 Å². The Morgan fingerprint density at radius 1 is 1.33 bits per heavy atom. The van der Waals surface area contributed by atoms with Gasteiger partial charge in [0.05, 0.1) is 15.7 Å². The Hall–Kier alpha value is -0.480. The molecule has 1 aromatic rings. The summed E-state index contributed by atoms with van der Waals surface area (Å²) in [6.07, 6.45) is 1.20. The minimum atomic E-state index is -0.154. The molecule has 1 amide bonds. The van der Waals surface area contributed by atoms with Gasteiger partial charge in [-0.25, -0.2) is 0 Å². The van der Waals surface area contributed by atoms with Crippen LogP contribution < -0.4 is 11.1 Å². The van der Waals surface area contributed by atoms with Gasteiger partial charge in [-0.3, -0.25) is 4.79 Å². The summed E-state index contributed by atoms with van der Waals surface area (Å²) in [5.41, 5.74) is 5.94. The topological polar surface area (TPSA) is 55.1 Å². The normalized spacial score (nSPS) is 12.3. The number of anilines is 1. The van der Waals surface area contributed by atoms with E-state index in [1.807, 2.05) is 6.92 Å². The average molecular weight is 310 g/mol. The van der Waals surface area contributed by atoms with Gasteiger partial charge in [-0.05, 0) is 24.6 Å². The van der Waals surface area contributed by atoms with E-state index in [0.717, 1.165) is 6.42 Å². The Kier molecular flexibility index (Phi) is 6.22. The number of nitrogens with one attached hydrogen (secondary N) is 1. The molecule has 0 aliphatic carbocycles. The molecule has 3 nitrogen and oxygen atoms in total. The van der Waals surface area contributed by atoms with E-state index in [1.54, 1.807) is 0 Å². The lowest BCUT2D eigenvalue weighted by molar-refractivity contribution is -0.117. The lowest BCUT2D eigenvalue weighted by Gasteiger charge is -2.13. The third-order valence-corrected chi connectivity index (χ3v) is 3.47. The van der Waals surface area contributed by atoms with Crippen molar-refractivity contribution in [1.82, 2.24) is 0 Å². The van der Waals surface area contributed by atoms with Gasteiger partial charge < -0.3 is 11.1 Å². The largest absolute Gasteiger partial charge is 0.330 e. The standard InChI is InChI=1S/C12H15Cl3N2O/c1-2-7(6-16)3-11(18)17-12-9(14)4-8(13)5-10(12)15/h4-5,7H,2-3,6,16H2,1H3,(H,17,18). The van der Waals surface area contributed by atoms with E-state index >= 15 is 0 Å². The van der Waals surface area contributed by atoms with Gasteiger partial charge in [-0.1, -0.05) is 48.1 Å². The molecule has 0 aliphatic rings. The molecule has 1 aromatic carbocycles. The van der Waals surface area contributed by atoms with Crippen LogP contribution in [0, 0.1) is 5.92 Å². The highest BCUT2D eigenvalue weighted by Gasteiger charge is 2.14. The maximum absolute atomic E-state index is 11.8. The quantitative estimate of drug-likeness (QED) is 0.865. The van der Waals surface area contributed by atoms with Crippen LogP contribution in [0.15, 0.2) is 12.1 Å². The van der Waals surface area contributed by atoms with Crippen LogP contribution in [-0.2, 0) is 4.79 Å². The predicted molar refractivity (Wildman–Crippen MR) is 77.6 cm³/mol. The lowest BCUT2D eigenvalue weighted by Crippen LogP contribution is -2.22. The van der Waals surface area contributed by atoms with Crippen molar-refractivity contribution in [3.05, 3.63) is 27.2 Å². The van der Waals surface area contributed by atoms with Crippen molar-refractivity contribution in [1.29, 1.82) is 0 Å². The molecule has 1 atom stereocenters. The second-order valence-corrected chi connectivity index (χ2v) is 5.26. The number of benzene rings is 1. The summed E-state index contributed by atoms with van der Waals surface area (Å²) >= 11 is 17.7. The summed E-state index contributed by atoms with van der Waals surface area (Å²) in [5, 5.41) is 3.76. The van der Waals surface area contributed by atoms with Crippen LogP contribution in [0.2, 0.25) is 15.1 Å². The highest BCUT2D eigenvalue weighted by Crippen LogP contribution is 2.33. The highest BCUT2D eigenvalue weighted by molar-refractivity contribution is 6.42. The van der Waals surface area contributed by atoms with Gasteiger partial charge >= 0.3 is 0 Å². The minimum absolute atomic E-state index is 0.154. The number of hydrogen-bond acceptors (Lipinski definition) is 2. The fourth-order valence-electron chi connectivity index (χ4n) is 1.51. The maximum Gasteiger partial charge on any atom is 0.224 e. The van der Waals surface area contributed by atoms with Crippen LogP contribution in [0.1, 0.15) is 19.8 Å². The molecule has 0 bridgehead atoms. The summed E-state index contributed by atoms with van der Waals surface area (Å²) < 4.78 is 0. The number of rotatable bonds is 5. The molecule has 0 aromatic heterocycles. The van der Waals surface area contributed by atoms with Crippen LogP contribution in [0.3, 0.4) is 0 Å². The van der Waals surface area contributed by atoms with E-state index in [0.29, 0.717) is 33.7 Å². The molecular formula is C12H15Cl3N2O. The van der Waals surface area contributed by atoms with Crippen LogP contribution in [-0.4, -0.2) is 12.5 Å². The van der Waals surface area contributed by atoms with E-state index in [4.69, 9.17) is 40.5 Å². The van der Waals surface area contributed by atoms with Crippen molar-refractivity contribution in [2.75, 3.05) is 11.9 Å². The monoisotopic (exact) mass is 308 g/mol. The van der Waals surface area contributed by atoms with Crippen LogP contribution >= 0.6 is 34.8 Å². The van der Waals surface area contributed by atoms with Gasteiger partial charge in [0.25, 0.3) is 0 Å². The van der Waals surface area contributed by atoms with Crippen LogP contribution in [0.5, 0.6) is 0 Å². The second kappa shape index (κ2) is 7.19. The molecule has 0 heterocycles. The molecule has 6 heteroatoms. The third-order valence-electron chi connectivity index (χ3n) is 2.66. The van der Waals surface area contributed by atoms with E-state index in [-0.39, 0.29) is 11.8 Å². The Balaban J connectivity index is 2.76. The van der Waals surface area contributed by atoms with Crippen molar-refractivity contribution in [2.24, 2.45) is 11.7 Å². The van der Waals surface area contributed by atoms with Gasteiger partial charge in [0, 0.05) is 11.4 Å². The molecule has 0 aliphatic heterocycles. The number of carbonyl (C=O) groups excluding carboxylic acids is 1. The van der Waals surface area contributed by atoms with Crippen molar-refractivity contribution < 1.29 is 4.79 Å². The Morgan fingerprint density at radius 2 is 1.89 bits per heavy atom.